The Morgan fingerprint density at radius 2 is 1.84 bits per heavy atom. The van der Waals surface area contributed by atoms with Crippen LogP contribution in [0.25, 0.3) is 0 Å². The molecular formula is C16H19BrN2. The van der Waals surface area contributed by atoms with Crippen molar-refractivity contribution < 1.29 is 0 Å². The molecule has 0 aliphatic heterocycles. The molecular weight excluding hydrogens is 300 g/mol. The predicted octanol–water partition coefficient (Wildman–Crippen LogP) is 3.91. The van der Waals surface area contributed by atoms with E-state index in [0.29, 0.717) is 0 Å². The lowest BCUT2D eigenvalue weighted by Crippen LogP contribution is -2.20. The number of aromatic nitrogens is 1. The predicted molar refractivity (Wildman–Crippen MR) is 83.3 cm³/mol. The van der Waals surface area contributed by atoms with Crippen molar-refractivity contribution in [3.8, 4) is 0 Å². The number of aryl methyl sites for hydroxylation is 1. The first-order valence-corrected chi connectivity index (χ1v) is 7.39. The Balaban J connectivity index is 2.17. The normalized spacial score (nSPS) is 12.4. The minimum absolute atomic E-state index is 0.225. The second-order valence-electron chi connectivity index (χ2n) is 4.59. The number of pyridine rings is 1. The van der Waals surface area contributed by atoms with Gasteiger partial charge in [-0.2, -0.15) is 0 Å². The van der Waals surface area contributed by atoms with E-state index in [9.17, 15) is 0 Å². The van der Waals surface area contributed by atoms with Crippen LogP contribution in [0.2, 0.25) is 0 Å². The van der Waals surface area contributed by atoms with Crippen LogP contribution in [0.5, 0.6) is 0 Å². The van der Waals surface area contributed by atoms with Crippen molar-refractivity contribution in [3.63, 3.8) is 0 Å². The average Bonchev–Trinajstić information content (AvgIpc) is 2.46. The number of nitrogens with one attached hydrogen (secondary N) is 1. The lowest BCUT2D eigenvalue weighted by molar-refractivity contribution is 0.573. The van der Waals surface area contributed by atoms with Crippen molar-refractivity contribution in [2.75, 3.05) is 7.05 Å². The second-order valence-corrected chi connectivity index (χ2v) is 5.44. The highest BCUT2D eigenvalue weighted by Crippen LogP contribution is 2.23. The molecule has 0 aliphatic rings. The van der Waals surface area contributed by atoms with Gasteiger partial charge in [-0.3, -0.25) is 4.98 Å². The van der Waals surface area contributed by atoms with Gasteiger partial charge >= 0.3 is 0 Å². The molecule has 1 N–H and O–H groups in total. The molecule has 0 saturated carbocycles. The van der Waals surface area contributed by atoms with Gasteiger partial charge in [0.2, 0.25) is 0 Å². The number of benzene rings is 1. The summed E-state index contributed by atoms with van der Waals surface area (Å²) in [5.41, 5.74) is 3.77. The van der Waals surface area contributed by atoms with Crippen molar-refractivity contribution in [1.29, 1.82) is 0 Å². The molecule has 0 amide bonds. The van der Waals surface area contributed by atoms with Crippen molar-refractivity contribution in [3.05, 3.63) is 63.9 Å². The van der Waals surface area contributed by atoms with E-state index >= 15 is 0 Å². The van der Waals surface area contributed by atoms with Crippen LogP contribution in [0.15, 0.2) is 47.1 Å². The van der Waals surface area contributed by atoms with Crippen molar-refractivity contribution in [1.82, 2.24) is 10.3 Å². The zero-order valence-electron chi connectivity index (χ0n) is 11.4. The largest absolute Gasteiger partial charge is 0.311 e. The number of nitrogens with zero attached hydrogens (tertiary/aromatic N) is 1. The Morgan fingerprint density at radius 1 is 1.16 bits per heavy atom. The summed E-state index contributed by atoms with van der Waals surface area (Å²) in [6, 6.07) is 13.0. The van der Waals surface area contributed by atoms with Crippen molar-refractivity contribution in [2.24, 2.45) is 0 Å². The van der Waals surface area contributed by atoms with Crippen LogP contribution in [0, 0.1) is 0 Å². The monoisotopic (exact) mass is 318 g/mol. The topological polar surface area (TPSA) is 24.9 Å². The van der Waals surface area contributed by atoms with Gasteiger partial charge in [-0.05, 0) is 59.1 Å². The van der Waals surface area contributed by atoms with E-state index in [-0.39, 0.29) is 6.04 Å². The van der Waals surface area contributed by atoms with Gasteiger partial charge in [-0.15, -0.1) is 0 Å². The first kappa shape index (κ1) is 14.2. The highest BCUT2D eigenvalue weighted by molar-refractivity contribution is 9.10. The van der Waals surface area contributed by atoms with E-state index < -0.39 is 0 Å². The maximum absolute atomic E-state index is 4.47. The first-order chi connectivity index (χ1) is 9.24. The van der Waals surface area contributed by atoms with Gasteiger partial charge in [0, 0.05) is 10.7 Å². The number of hydrogen-bond donors (Lipinski definition) is 1. The lowest BCUT2D eigenvalue weighted by Gasteiger charge is -2.17. The quantitative estimate of drug-likeness (QED) is 0.904. The molecule has 0 fully saturated rings. The molecule has 2 nitrogen and oxygen atoms in total. The molecule has 0 bridgehead atoms. The summed E-state index contributed by atoms with van der Waals surface area (Å²) in [4.78, 5) is 4.47. The molecule has 1 unspecified atom stereocenters. The number of hydrogen-bond acceptors (Lipinski definition) is 2. The summed E-state index contributed by atoms with van der Waals surface area (Å²) in [7, 11) is 1.98. The van der Waals surface area contributed by atoms with Gasteiger partial charge in [-0.25, -0.2) is 0 Å². The Hall–Kier alpha value is -1.19. The van der Waals surface area contributed by atoms with Gasteiger partial charge in [0.1, 0.15) is 0 Å². The molecule has 0 saturated heterocycles. The highest BCUT2D eigenvalue weighted by Gasteiger charge is 2.14. The van der Waals surface area contributed by atoms with Gasteiger partial charge in [-0.1, -0.05) is 31.2 Å². The smallest absolute Gasteiger partial charge is 0.0718 e. The summed E-state index contributed by atoms with van der Waals surface area (Å²) in [6.45, 7) is 2.18. The molecule has 2 aromatic rings. The molecule has 3 heteroatoms. The summed E-state index contributed by atoms with van der Waals surface area (Å²) in [5.74, 6) is 0. The summed E-state index contributed by atoms with van der Waals surface area (Å²) < 4.78 is 1.06. The average molecular weight is 319 g/mol. The fourth-order valence-electron chi connectivity index (χ4n) is 2.14. The second kappa shape index (κ2) is 6.83. The summed E-state index contributed by atoms with van der Waals surface area (Å²) >= 11 is 3.57. The molecule has 0 aliphatic carbocycles. The van der Waals surface area contributed by atoms with Gasteiger partial charge < -0.3 is 5.32 Å². The number of likely N-dealkylation sites (N-methyl/N-ethyl adjacent to an activating group) is 1. The highest BCUT2D eigenvalue weighted by atomic mass is 79.9. The fraction of sp³-hybridized carbons (Fsp3) is 0.312. The molecule has 100 valence electrons. The van der Waals surface area contributed by atoms with Crippen LogP contribution in [0.3, 0.4) is 0 Å². The molecule has 1 atom stereocenters. The van der Waals surface area contributed by atoms with Gasteiger partial charge in [0.15, 0.2) is 0 Å². The molecule has 1 heterocycles. The summed E-state index contributed by atoms with van der Waals surface area (Å²) in [6.07, 6.45) is 3.86. The lowest BCUT2D eigenvalue weighted by atomic mass is 10.0. The first-order valence-electron chi connectivity index (χ1n) is 6.60. The van der Waals surface area contributed by atoms with Crippen LogP contribution in [-0.4, -0.2) is 12.0 Å². The third-order valence-electron chi connectivity index (χ3n) is 3.34. The minimum atomic E-state index is 0.225. The van der Waals surface area contributed by atoms with Gasteiger partial charge in [0.05, 0.1) is 11.7 Å². The van der Waals surface area contributed by atoms with Crippen molar-refractivity contribution >= 4 is 15.9 Å². The van der Waals surface area contributed by atoms with Gasteiger partial charge in [0.25, 0.3) is 0 Å². The number of halogens is 1. The third-order valence-corrected chi connectivity index (χ3v) is 4.01. The Morgan fingerprint density at radius 3 is 2.42 bits per heavy atom. The molecule has 0 spiro atoms. The molecule has 2 rings (SSSR count). The fourth-order valence-corrected chi connectivity index (χ4v) is 2.67. The molecule has 1 aromatic carbocycles. The van der Waals surface area contributed by atoms with E-state index in [1.54, 1.807) is 0 Å². The maximum atomic E-state index is 4.47. The number of rotatable bonds is 5. The zero-order valence-corrected chi connectivity index (χ0v) is 12.9. The standard InChI is InChI=1S/C16H19BrN2/c1-3-12-6-8-13(9-7-12)11-15(18-2)16-14(17)5-4-10-19-16/h4-10,15,18H,3,11H2,1-2H3. The minimum Gasteiger partial charge on any atom is -0.311 e. The zero-order chi connectivity index (χ0) is 13.7. The van der Waals surface area contributed by atoms with E-state index in [1.165, 1.54) is 11.1 Å². The maximum Gasteiger partial charge on any atom is 0.0718 e. The molecule has 19 heavy (non-hydrogen) atoms. The van der Waals surface area contributed by atoms with E-state index in [2.05, 4.69) is 57.4 Å². The van der Waals surface area contributed by atoms with Crippen LogP contribution < -0.4 is 5.32 Å². The third kappa shape index (κ3) is 3.64. The SMILES string of the molecule is CCc1ccc(CC(NC)c2ncccc2Br)cc1. The van der Waals surface area contributed by atoms with E-state index in [4.69, 9.17) is 0 Å². The van der Waals surface area contributed by atoms with Crippen LogP contribution in [0.1, 0.15) is 29.8 Å². The van der Waals surface area contributed by atoms with Crippen molar-refractivity contribution in [2.45, 2.75) is 25.8 Å². The Bertz CT molecular complexity index is 523. The molecule has 0 radical (unpaired) electrons. The van der Waals surface area contributed by atoms with E-state index in [1.807, 2.05) is 25.4 Å². The van der Waals surface area contributed by atoms with Crippen LogP contribution in [0.4, 0.5) is 0 Å². The van der Waals surface area contributed by atoms with Crippen LogP contribution in [-0.2, 0) is 12.8 Å². The Labute approximate surface area is 123 Å². The summed E-state index contributed by atoms with van der Waals surface area (Å²) in [5, 5.41) is 3.34. The van der Waals surface area contributed by atoms with E-state index in [0.717, 1.165) is 23.0 Å². The molecule has 1 aromatic heterocycles. The van der Waals surface area contributed by atoms with Crippen LogP contribution >= 0.6 is 15.9 Å². The Kier molecular flexibility index (Phi) is 5.11.